The molecule has 0 unspecified atom stereocenters. The zero-order chi connectivity index (χ0) is 14.5. The topological polar surface area (TPSA) is 44.5 Å². The molecule has 0 fully saturated rings. The first-order valence-corrected chi connectivity index (χ1v) is 7.27. The average molecular weight is 336 g/mol. The Morgan fingerprint density at radius 1 is 1.10 bits per heavy atom. The largest absolute Gasteiger partial charge is 0.493 e. The third-order valence-electron chi connectivity index (χ3n) is 3.13. The number of anilines is 1. The maximum absolute atomic E-state index is 5.96. The number of rotatable bonds is 5. The number of benzene rings is 2. The van der Waals surface area contributed by atoms with Gasteiger partial charge in [0.25, 0.3) is 0 Å². The minimum atomic E-state index is 0.418. The van der Waals surface area contributed by atoms with E-state index in [1.54, 1.807) is 7.11 Å². The van der Waals surface area contributed by atoms with Gasteiger partial charge in [0.2, 0.25) is 0 Å². The second-order valence-corrected chi connectivity index (χ2v) is 5.39. The van der Waals surface area contributed by atoms with E-state index in [1.165, 1.54) is 5.56 Å². The first kappa shape index (κ1) is 14.7. The van der Waals surface area contributed by atoms with Crippen molar-refractivity contribution in [3.05, 3.63) is 52.0 Å². The molecule has 0 aromatic heterocycles. The van der Waals surface area contributed by atoms with Crippen LogP contribution in [0.5, 0.6) is 11.5 Å². The number of halogens is 1. The molecule has 0 atom stereocenters. The van der Waals surface area contributed by atoms with Gasteiger partial charge in [0.05, 0.1) is 7.11 Å². The van der Waals surface area contributed by atoms with Crippen molar-refractivity contribution in [1.29, 1.82) is 0 Å². The molecular formula is C16H18BrNO2. The molecule has 0 radical (unpaired) electrons. The molecule has 106 valence electrons. The molecule has 0 amide bonds. The number of nitrogens with two attached hydrogens (primary N) is 1. The summed E-state index contributed by atoms with van der Waals surface area (Å²) in [5.74, 6) is 1.48. The monoisotopic (exact) mass is 335 g/mol. The van der Waals surface area contributed by atoms with Crippen molar-refractivity contribution in [2.45, 2.75) is 20.0 Å². The highest BCUT2D eigenvalue weighted by Gasteiger charge is 2.07. The van der Waals surface area contributed by atoms with E-state index in [-0.39, 0.29) is 0 Å². The maximum Gasteiger partial charge on any atom is 0.161 e. The SMILES string of the molecule is CCc1ccc(OCc2ccc(Br)cc2N)c(OC)c1. The van der Waals surface area contributed by atoms with Crippen molar-refractivity contribution in [3.8, 4) is 11.5 Å². The van der Waals surface area contributed by atoms with Crippen LogP contribution in [0.4, 0.5) is 5.69 Å². The number of methoxy groups -OCH3 is 1. The Kier molecular flexibility index (Phi) is 4.90. The van der Waals surface area contributed by atoms with Gasteiger partial charge in [-0.15, -0.1) is 0 Å². The first-order chi connectivity index (χ1) is 9.63. The zero-order valence-corrected chi connectivity index (χ0v) is 13.2. The van der Waals surface area contributed by atoms with Gasteiger partial charge in [0, 0.05) is 15.7 Å². The second-order valence-electron chi connectivity index (χ2n) is 4.47. The van der Waals surface area contributed by atoms with Crippen LogP contribution in [-0.2, 0) is 13.0 Å². The number of hydrogen-bond acceptors (Lipinski definition) is 3. The Labute approximate surface area is 127 Å². The van der Waals surface area contributed by atoms with Crippen LogP contribution < -0.4 is 15.2 Å². The molecule has 0 saturated heterocycles. The van der Waals surface area contributed by atoms with Crippen LogP contribution in [-0.4, -0.2) is 7.11 Å². The van der Waals surface area contributed by atoms with Gasteiger partial charge in [-0.1, -0.05) is 35.0 Å². The summed E-state index contributed by atoms with van der Waals surface area (Å²) in [4.78, 5) is 0. The van der Waals surface area contributed by atoms with E-state index >= 15 is 0 Å². The van der Waals surface area contributed by atoms with Crippen LogP contribution >= 0.6 is 15.9 Å². The van der Waals surface area contributed by atoms with Crippen LogP contribution in [0.2, 0.25) is 0 Å². The van der Waals surface area contributed by atoms with E-state index in [0.717, 1.165) is 28.0 Å². The minimum absolute atomic E-state index is 0.418. The van der Waals surface area contributed by atoms with E-state index in [2.05, 4.69) is 22.9 Å². The fourth-order valence-corrected chi connectivity index (χ4v) is 2.28. The minimum Gasteiger partial charge on any atom is -0.493 e. The number of ether oxygens (including phenoxy) is 2. The summed E-state index contributed by atoms with van der Waals surface area (Å²) in [6.45, 7) is 2.53. The summed E-state index contributed by atoms with van der Waals surface area (Å²) in [6.07, 6.45) is 0.969. The predicted molar refractivity (Wildman–Crippen MR) is 85.3 cm³/mol. The molecule has 2 aromatic rings. The fourth-order valence-electron chi connectivity index (χ4n) is 1.90. The van der Waals surface area contributed by atoms with Gasteiger partial charge in [0.1, 0.15) is 6.61 Å². The summed E-state index contributed by atoms with van der Waals surface area (Å²) in [5.41, 5.74) is 8.85. The highest BCUT2D eigenvalue weighted by molar-refractivity contribution is 9.10. The van der Waals surface area contributed by atoms with Gasteiger partial charge in [-0.3, -0.25) is 0 Å². The summed E-state index contributed by atoms with van der Waals surface area (Å²) < 4.78 is 12.1. The first-order valence-electron chi connectivity index (χ1n) is 6.47. The quantitative estimate of drug-likeness (QED) is 0.833. The van der Waals surface area contributed by atoms with Gasteiger partial charge in [0.15, 0.2) is 11.5 Å². The lowest BCUT2D eigenvalue weighted by molar-refractivity contribution is 0.285. The summed E-state index contributed by atoms with van der Waals surface area (Å²) >= 11 is 3.39. The summed E-state index contributed by atoms with van der Waals surface area (Å²) in [6, 6.07) is 11.8. The molecule has 0 aliphatic rings. The smallest absolute Gasteiger partial charge is 0.161 e. The molecule has 0 heterocycles. The van der Waals surface area contributed by atoms with Crippen LogP contribution in [0.25, 0.3) is 0 Å². The standard InChI is InChI=1S/C16H18BrNO2/c1-3-11-4-7-15(16(8-11)19-2)20-10-12-5-6-13(17)9-14(12)18/h4-9H,3,10,18H2,1-2H3. The van der Waals surface area contributed by atoms with Crippen molar-refractivity contribution < 1.29 is 9.47 Å². The Balaban J connectivity index is 2.14. The molecule has 2 rings (SSSR count). The lowest BCUT2D eigenvalue weighted by Crippen LogP contribution is -2.01. The predicted octanol–water partition coefficient (Wildman–Crippen LogP) is 4.18. The number of nitrogen functional groups attached to an aromatic ring is 1. The maximum atomic E-state index is 5.96. The van der Waals surface area contributed by atoms with Crippen molar-refractivity contribution in [3.63, 3.8) is 0 Å². The molecular weight excluding hydrogens is 318 g/mol. The normalized spacial score (nSPS) is 10.3. The number of hydrogen-bond donors (Lipinski definition) is 1. The Morgan fingerprint density at radius 2 is 1.90 bits per heavy atom. The fraction of sp³-hybridized carbons (Fsp3) is 0.250. The lowest BCUT2D eigenvalue weighted by atomic mass is 10.1. The third kappa shape index (κ3) is 3.45. The second kappa shape index (κ2) is 6.66. The van der Waals surface area contributed by atoms with E-state index in [1.807, 2.05) is 36.4 Å². The molecule has 0 saturated carbocycles. The molecule has 0 spiro atoms. The van der Waals surface area contributed by atoms with Gasteiger partial charge in [-0.05, 0) is 36.2 Å². The summed E-state index contributed by atoms with van der Waals surface area (Å²) in [5, 5.41) is 0. The lowest BCUT2D eigenvalue weighted by Gasteiger charge is -2.13. The van der Waals surface area contributed by atoms with Crippen LogP contribution in [0.3, 0.4) is 0 Å². The van der Waals surface area contributed by atoms with Gasteiger partial charge in [-0.25, -0.2) is 0 Å². The van der Waals surface area contributed by atoms with Gasteiger partial charge in [-0.2, -0.15) is 0 Å². The van der Waals surface area contributed by atoms with Crippen LogP contribution in [0.15, 0.2) is 40.9 Å². The molecule has 0 aliphatic carbocycles. The van der Waals surface area contributed by atoms with Crippen molar-refractivity contribution in [1.82, 2.24) is 0 Å². The van der Waals surface area contributed by atoms with Crippen molar-refractivity contribution in [2.75, 3.05) is 12.8 Å². The molecule has 4 heteroatoms. The molecule has 2 N–H and O–H groups in total. The number of aryl methyl sites for hydroxylation is 1. The van der Waals surface area contributed by atoms with Crippen molar-refractivity contribution >= 4 is 21.6 Å². The Morgan fingerprint density at radius 3 is 2.55 bits per heavy atom. The van der Waals surface area contributed by atoms with E-state index in [4.69, 9.17) is 15.2 Å². The van der Waals surface area contributed by atoms with Gasteiger partial charge >= 0.3 is 0 Å². The molecule has 3 nitrogen and oxygen atoms in total. The van der Waals surface area contributed by atoms with Crippen LogP contribution in [0.1, 0.15) is 18.1 Å². The van der Waals surface area contributed by atoms with Crippen molar-refractivity contribution in [2.24, 2.45) is 0 Å². The van der Waals surface area contributed by atoms with Crippen LogP contribution in [0, 0.1) is 0 Å². The highest BCUT2D eigenvalue weighted by atomic mass is 79.9. The third-order valence-corrected chi connectivity index (χ3v) is 3.62. The van der Waals surface area contributed by atoms with E-state index < -0.39 is 0 Å². The average Bonchev–Trinajstić information content (AvgIpc) is 2.46. The zero-order valence-electron chi connectivity index (χ0n) is 11.7. The molecule has 2 aromatic carbocycles. The highest BCUT2D eigenvalue weighted by Crippen LogP contribution is 2.29. The molecule has 0 bridgehead atoms. The van der Waals surface area contributed by atoms with Gasteiger partial charge < -0.3 is 15.2 Å². The van der Waals surface area contributed by atoms with E-state index in [0.29, 0.717) is 12.3 Å². The van der Waals surface area contributed by atoms with E-state index in [9.17, 15) is 0 Å². The Bertz CT molecular complexity index is 599. The Hall–Kier alpha value is -1.68. The summed E-state index contributed by atoms with van der Waals surface area (Å²) in [7, 11) is 1.65. The molecule has 20 heavy (non-hydrogen) atoms. The molecule has 0 aliphatic heterocycles.